The highest BCUT2D eigenvalue weighted by Crippen LogP contribution is 2.55. The Morgan fingerprint density at radius 3 is 2.18 bits per heavy atom. The first kappa shape index (κ1) is 33.3. The number of rotatable bonds is 1. The van der Waals surface area contributed by atoms with Crippen LogP contribution < -0.4 is 15.7 Å². The SMILES string of the molecule is CC(C)(C)c1ccc(N2B3c4cc5c(cc4-n4c6cc7oc8ccccc8c7cc6c6ccc(c3c64)-c3cc4c(cc32)-c2ccccc2C4(C)C)sc2ccccc25)cc1. The second-order valence-corrected chi connectivity index (χ2v) is 20.0. The van der Waals surface area contributed by atoms with Crippen LogP contribution in [0.3, 0.4) is 0 Å². The molecule has 284 valence electrons. The van der Waals surface area contributed by atoms with E-state index in [2.05, 4.69) is 190 Å². The van der Waals surface area contributed by atoms with Crippen LogP contribution in [-0.2, 0) is 10.8 Å². The van der Waals surface area contributed by atoms with Gasteiger partial charge in [0, 0.05) is 75.8 Å². The number of nitrogens with zero attached hydrogens (tertiary/aromatic N) is 2. The van der Waals surface area contributed by atoms with Crippen LogP contribution >= 0.6 is 11.3 Å². The van der Waals surface area contributed by atoms with Crippen LogP contribution in [0, 0.1) is 0 Å². The van der Waals surface area contributed by atoms with Gasteiger partial charge in [-0.05, 0) is 98.3 Å². The van der Waals surface area contributed by atoms with Gasteiger partial charge in [0.2, 0.25) is 0 Å². The fourth-order valence-corrected chi connectivity index (χ4v) is 12.5. The Morgan fingerprint density at radius 2 is 1.33 bits per heavy atom. The average molecular weight is 787 g/mol. The smallest absolute Gasteiger partial charge is 0.333 e. The summed E-state index contributed by atoms with van der Waals surface area (Å²) in [5, 5.41) is 7.50. The zero-order chi connectivity index (χ0) is 40.0. The summed E-state index contributed by atoms with van der Waals surface area (Å²) in [6.07, 6.45) is 0. The topological polar surface area (TPSA) is 21.3 Å². The molecule has 14 rings (SSSR count). The lowest BCUT2D eigenvalue weighted by Gasteiger charge is -2.42. The van der Waals surface area contributed by atoms with Gasteiger partial charge in [-0.3, -0.25) is 0 Å². The first-order valence-corrected chi connectivity index (χ1v) is 22.0. The van der Waals surface area contributed by atoms with Gasteiger partial charge in [0.15, 0.2) is 0 Å². The van der Waals surface area contributed by atoms with Crippen LogP contribution in [0.5, 0.6) is 0 Å². The molecule has 11 aromatic rings. The van der Waals surface area contributed by atoms with Gasteiger partial charge < -0.3 is 13.8 Å². The first-order chi connectivity index (χ1) is 29.1. The van der Waals surface area contributed by atoms with Gasteiger partial charge in [0.25, 0.3) is 0 Å². The van der Waals surface area contributed by atoms with Gasteiger partial charge in [0.1, 0.15) is 11.2 Å². The van der Waals surface area contributed by atoms with Gasteiger partial charge in [-0.15, -0.1) is 11.3 Å². The number of thiophene rings is 1. The fourth-order valence-electron chi connectivity index (χ4n) is 11.4. The van der Waals surface area contributed by atoms with Crippen molar-refractivity contribution in [2.24, 2.45) is 0 Å². The Balaban J connectivity index is 1.16. The highest BCUT2D eigenvalue weighted by molar-refractivity contribution is 7.25. The quantitative estimate of drug-likeness (QED) is 0.155. The molecular weight excluding hydrogens is 747 g/mol. The lowest BCUT2D eigenvalue weighted by molar-refractivity contribution is 0.590. The first-order valence-electron chi connectivity index (χ1n) is 21.2. The predicted octanol–water partition coefficient (Wildman–Crippen LogP) is 13.9. The zero-order valence-electron chi connectivity index (χ0n) is 34.1. The van der Waals surface area contributed by atoms with Crippen molar-refractivity contribution in [3.8, 4) is 27.9 Å². The predicted molar refractivity (Wildman–Crippen MR) is 256 cm³/mol. The summed E-state index contributed by atoms with van der Waals surface area (Å²) in [4.78, 5) is 2.69. The minimum atomic E-state index is -0.123. The molecule has 2 aliphatic heterocycles. The number of hydrogen-bond donors (Lipinski definition) is 0. The Hall–Kier alpha value is -6.56. The van der Waals surface area contributed by atoms with Crippen LogP contribution in [-0.4, -0.2) is 11.4 Å². The Kier molecular flexibility index (Phi) is 6.09. The van der Waals surface area contributed by atoms with E-state index in [1.165, 1.54) is 109 Å². The number of para-hydroxylation sites is 1. The monoisotopic (exact) mass is 786 g/mol. The van der Waals surface area contributed by atoms with E-state index in [0.717, 1.165) is 21.9 Å². The van der Waals surface area contributed by atoms with Gasteiger partial charge >= 0.3 is 6.85 Å². The number of anilines is 2. The summed E-state index contributed by atoms with van der Waals surface area (Å²) in [5.74, 6) is 0. The van der Waals surface area contributed by atoms with Crippen molar-refractivity contribution in [2.75, 3.05) is 4.81 Å². The Bertz CT molecular complexity index is 3740. The van der Waals surface area contributed by atoms with E-state index < -0.39 is 0 Å². The summed E-state index contributed by atoms with van der Waals surface area (Å²) in [6.45, 7) is 11.6. The lowest BCUT2D eigenvalue weighted by Crippen LogP contribution is -2.60. The number of benzene rings is 8. The summed E-state index contributed by atoms with van der Waals surface area (Å²) < 4.78 is 11.8. The third kappa shape index (κ3) is 4.07. The molecule has 3 aliphatic rings. The van der Waals surface area contributed by atoms with Crippen molar-refractivity contribution in [3.05, 3.63) is 162 Å². The minimum Gasteiger partial charge on any atom is -0.456 e. The third-order valence-electron chi connectivity index (χ3n) is 14.3. The molecule has 8 aromatic carbocycles. The highest BCUT2D eigenvalue weighted by Gasteiger charge is 2.46. The largest absolute Gasteiger partial charge is 0.456 e. The second kappa shape index (κ2) is 11.0. The molecule has 0 saturated carbocycles. The van der Waals surface area contributed by atoms with Crippen molar-refractivity contribution in [1.29, 1.82) is 0 Å². The number of aromatic nitrogens is 1. The molecule has 0 N–H and O–H groups in total. The van der Waals surface area contributed by atoms with Crippen LogP contribution in [0.4, 0.5) is 11.4 Å². The molecule has 3 nitrogen and oxygen atoms in total. The third-order valence-corrected chi connectivity index (χ3v) is 15.5. The summed E-state index contributed by atoms with van der Waals surface area (Å²) in [6, 6.07) is 55.5. The molecule has 0 unspecified atom stereocenters. The molecule has 0 radical (unpaired) electrons. The number of furan rings is 1. The van der Waals surface area contributed by atoms with Gasteiger partial charge in [0.05, 0.1) is 11.0 Å². The van der Waals surface area contributed by atoms with E-state index in [-0.39, 0.29) is 17.7 Å². The van der Waals surface area contributed by atoms with Crippen molar-refractivity contribution in [3.63, 3.8) is 0 Å². The van der Waals surface area contributed by atoms with Crippen molar-refractivity contribution >= 4 is 104 Å². The molecule has 60 heavy (non-hydrogen) atoms. The summed E-state index contributed by atoms with van der Waals surface area (Å²) >= 11 is 1.90. The molecule has 0 fully saturated rings. The zero-order valence-corrected chi connectivity index (χ0v) is 35.0. The Labute approximate surface area is 352 Å². The maximum Gasteiger partial charge on any atom is 0.333 e. The van der Waals surface area contributed by atoms with Crippen LogP contribution in [0.25, 0.3) is 91.9 Å². The van der Waals surface area contributed by atoms with E-state index in [9.17, 15) is 0 Å². The minimum absolute atomic E-state index is 0.0434. The van der Waals surface area contributed by atoms with Gasteiger partial charge in [-0.1, -0.05) is 126 Å². The molecular formula is C55H39BN2OS. The number of fused-ring (bicyclic) bond motifs is 17. The van der Waals surface area contributed by atoms with Crippen molar-refractivity contribution in [1.82, 2.24) is 4.57 Å². The number of hydrogen-bond acceptors (Lipinski definition) is 3. The second-order valence-electron chi connectivity index (χ2n) is 18.9. The maximum atomic E-state index is 6.60. The van der Waals surface area contributed by atoms with E-state index in [1.54, 1.807) is 0 Å². The van der Waals surface area contributed by atoms with Crippen LogP contribution in [0.2, 0.25) is 0 Å². The van der Waals surface area contributed by atoms with E-state index >= 15 is 0 Å². The summed E-state index contributed by atoms with van der Waals surface area (Å²) in [7, 11) is 0. The average Bonchev–Trinajstić information content (AvgIpc) is 3.97. The summed E-state index contributed by atoms with van der Waals surface area (Å²) in [5.41, 5.74) is 20.1. The van der Waals surface area contributed by atoms with Crippen molar-refractivity contribution < 1.29 is 4.42 Å². The molecule has 1 aliphatic carbocycles. The van der Waals surface area contributed by atoms with Gasteiger partial charge in [-0.2, -0.15) is 0 Å². The molecule has 0 atom stereocenters. The standard InChI is InChI=1S/C55H39BN2OS/c1-54(2,3)30-18-20-31(21-19-30)58-46-27-37-32-12-6-9-15-42(32)55(4,5)43(37)25-39(46)35-22-23-36-38-24-40-33-13-7-10-16-48(33)59-49(40)28-45(38)57-47-29-51-41(34-14-8-11-17-50(34)60-51)26-44(47)56(58)52(35)53(36)57/h6-29H,1-5H3. The highest BCUT2D eigenvalue weighted by atomic mass is 32.1. The molecule has 3 aromatic heterocycles. The van der Waals surface area contributed by atoms with E-state index in [0.29, 0.717) is 0 Å². The molecule has 0 amide bonds. The van der Waals surface area contributed by atoms with Crippen LogP contribution in [0.1, 0.15) is 51.3 Å². The van der Waals surface area contributed by atoms with E-state index in [1.807, 2.05) is 11.3 Å². The fraction of sp³-hybridized carbons (Fsp3) is 0.127. The molecule has 5 heterocycles. The molecule has 5 heteroatoms. The molecule has 0 saturated heterocycles. The maximum absolute atomic E-state index is 6.60. The van der Waals surface area contributed by atoms with Crippen LogP contribution in [0.15, 0.2) is 150 Å². The normalized spacial score (nSPS) is 14.8. The van der Waals surface area contributed by atoms with E-state index in [4.69, 9.17) is 4.42 Å². The Morgan fingerprint density at radius 1 is 0.550 bits per heavy atom. The van der Waals surface area contributed by atoms with Crippen molar-refractivity contribution in [2.45, 2.75) is 45.4 Å². The molecule has 0 spiro atoms. The molecule has 0 bridgehead atoms. The van der Waals surface area contributed by atoms with Gasteiger partial charge in [-0.25, -0.2) is 0 Å². The lowest BCUT2D eigenvalue weighted by atomic mass is 9.44.